The minimum absolute atomic E-state index is 0.0678. The standard InChI is InChI=1S/C26H23ClN2O5/c1-26-20(25(32)34-3)10-14(23(31)19-11-15(27)4-7-22(19)30)13-29(26)9-8-17-18-12-16(33-2)5-6-21(18)28-24(17)26/h4-7,10-13,28,30H,8-9H2,1-3H3. The Labute approximate surface area is 201 Å². The molecule has 5 rings (SSSR count). The Hall–Kier alpha value is -3.71. The fourth-order valence-corrected chi connectivity index (χ4v) is 5.12. The van der Waals surface area contributed by atoms with Gasteiger partial charge >= 0.3 is 5.97 Å². The van der Waals surface area contributed by atoms with Gasteiger partial charge in [-0.1, -0.05) is 11.6 Å². The zero-order valence-electron chi connectivity index (χ0n) is 18.9. The van der Waals surface area contributed by atoms with Crippen LogP contribution in [0.4, 0.5) is 0 Å². The summed E-state index contributed by atoms with van der Waals surface area (Å²) in [5.74, 6) is -0.397. The van der Waals surface area contributed by atoms with Crippen molar-refractivity contribution in [1.82, 2.24) is 9.88 Å². The van der Waals surface area contributed by atoms with Crippen molar-refractivity contribution >= 4 is 34.3 Å². The first kappa shape index (κ1) is 22.1. The van der Waals surface area contributed by atoms with Crippen LogP contribution in [-0.4, -0.2) is 47.5 Å². The number of aromatic hydroxyl groups is 1. The van der Waals surface area contributed by atoms with Crippen LogP contribution in [0.5, 0.6) is 11.5 Å². The molecule has 1 aromatic heterocycles. The Balaban J connectivity index is 1.67. The number of rotatable bonds is 4. The first-order valence-corrected chi connectivity index (χ1v) is 11.2. The van der Waals surface area contributed by atoms with Crippen LogP contribution in [0.3, 0.4) is 0 Å². The smallest absolute Gasteiger partial charge is 0.336 e. The number of aromatic nitrogens is 1. The van der Waals surface area contributed by atoms with E-state index in [-0.39, 0.29) is 16.9 Å². The molecule has 2 aliphatic heterocycles. The Morgan fingerprint density at radius 2 is 1.97 bits per heavy atom. The number of H-pyrrole nitrogens is 1. The third kappa shape index (κ3) is 3.19. The lowest BCUT2D eigenvalue weighted by Gasteiger charge is -2.47. The van der Waals surface area contributed by atoms with Gasteiger partial charge < -0.3 is 24.5 Å². The van der Waals surface area contributed by atoms with Crippen LogP contribution in [0.1, 0.15) is 28.5 Å². The number of benzene rings is 2. The molecule has 2 aromatic carbocycles. The van der Waals surface area contributed by atoms with Crippen LogP contribution < -0.4 is 4.74 Å². The highest BCUT2D eigenvalue weighted by Crippen LogP contribution is 2.47. The van der Waals surface area contributed by atoms with Crippen molar-refractivity contribution in [2.75, 3.05) is 20.8 Å². The maximum absolute atomic E-state index is 13.3. The van der Waals surface area contributed by atoms with Gasteiger partial charge in [0.15, 0.2) is 5.78 Å². The van der Waals surface area contributed by atoms with Gasteiger partial charge in [0.05, 0.1) is 25.4 Å². The Kier molecular flexibility index (Phi) is 5.17. The van der Waals surface area contributed by atoms with Gasteiger partial charge in [-0.2, -0.15) is 0 Å². The summed E-state index contributed by atoms with van der Waals surface area (Å²) in [7, 11) is 2.95. The van der Waals surface area contributed by atoms with E-state index in [1.165, 1.54) is 25.3 Å². The van der Waals surface area contributed by atoms with Crippen molar-refractivity contribution in [1.29, 1.82) is 0 Å². The number of hydrogen-bond acceptors (Lipinski definition) is 6. The van der Waals surface area contributed by atoms with Crippen LogP contribution in [-0.2, 0) is 21.5 Å². The summed E-state index contributed by atoms with van der Waals surface area (Å²) in [5.41, 5.74) is 2.67. The molecule has 0 amide bonds. The number of ether oxygens (including phenoxy) is 2. The van der Waals surface area contributed by atoms with Crippen LogP contribution in [0, 0.1) is 0 Å². The molecule has 0 spiro atoms. The fraction of sp³-hybridized carbons (Fsp3) is 0.231. The summed E-state index contributed by atoms with van der Waals surface area (Å²) in [5, 5.41) is 11.6. The second-order valence-electron chi connectivity index (χ2n) is 8.53. The maximum Gasteiger partial charge on any atom is 0.336 e. The third-order valence-corrected chi connectivity index (χ3v) is 7.00. The van der Waals surface area contributed by atoms with Gasteiger partial charge in [-0.15, -0.1) is 0 Å². The second-order valence-corrected chi connectivity index (χ2v) is 8.97. The molecule has 7 nitrogen and oxygen atoms in total. The van der Waals surface area contributed by atoms with Gasteiger partial charge in [0.1, 0.15) is 17.0 Å². The first-order chi connectivity index (χ1) is 16.3. The molecule has 0 saturated carbocycles. The topological polar surface area (TPSA) is 91.9 Å². The normalized spacial score (nSPS) is 19.1. The highest BCUT2D eigenvalue weighted by molar-refractivity contribution is 6.31. The molecule has 0 saturated heterocycles. The van der Waals surface area contributed by atoms with Crippen LogP contribution >= 0.6 is 11.6 Å². The van der Waals surface area contributed by atoms with Crippen molar-refractivity contribution in [2.24, 2.45) is 0 Å². The van der Waals surface area contributed by atoms with Crippen molar-refractivity contribution in [3.8, 4) is 11.5 Å². The van der Waals surface area contributed by atoms with Gasteiger partial charge in [0.25, 0.3) is 0 Å². The number of allylic oxidation sites excluding steroid dienone is 2. The summed E-state index contributed by atoms with van der Waals surface area (Å²) in [4.78, 5) is 31.8. The van der Waals surface area contributed by atoms with Crippen molar-refractivity contribution in [3.05, 3.63) is 81.7 Å². The molecule has 1 unspecified atom stereocenters. The quantitative estimate of drug-likeness (QED) is 0.424. The number of carbonyl (C=O) groups is 2. The average Bonchev–Trinajstić information content (AvgIpc) is 3.23. The van der Waals surface area contributed by atoms with Gasteiger partial charge in [0, 0.05) is 39.9 Å². The number of carbonyl (C=O) groups excluding carboxylic acids is 2. The second kappa shape index (κ2) is 7.95. The summed E-state index contributed by atoms with van der Waals surface area (Å²) >= 11 is 6.05. The van der Waals surface area contributed by atoms with Gasteiger partial charge in [-0.3, -0.25) is 4.79 Å². The maximum atomic E-state index is 13.3. The minimum atomic E-state index is -0.882. The molecular weight excluding hydrogens is 456 g/mol. The van der Waals surface area contributed by atoms with E-state index in [9.17, 15) is 14.7 Å². The summed E-state index contributed by atoms with van der Waals surface area (Å²) in [6.07, 6.45) is 3.99. The first-order valence-electron chi connectivity index (χ1n) is 10.8. The zero-order chi connectivity index (χ0) is 24.2. The predicted octanol–water partition coefficient (Wildman–Crippen LogP) is 4.49. The highest BCUT2D eigenvalue weighted by Gasteiger charge is 2.48. The number of methoxy groups -OCH3 is 2. The molecule has 0 fully saturated rings. The van der Waals surface area contributed by atoms with Crippen molar-refractivity contribution < 1.29 is 24.2 Å². The SMILES string of the molecule is COC(=O)C1=CC(C(=O)c2cc(Cl)ccc2O)=CN2CCc3c([nH]c4ccc(OC)cc34)C12C. The number of hydrogen-bond donors (Lipinski definition) is 2. The molecule has 1 atom stereocenters. The third-order valence-electron chi connectivity index (χ3n) is 6.77. The number of fused-ring (bicyclic) bond motifs is 5. The monoisotopic (exact) mass is 478 g/mol. The molecule has 0 aliphatic carbocycles. The summed E-state index contributed by atoms with van der Waals surface area (Å²) in [6.45, 7) is 2.51. The number of aromatic amines is 1. The Bertz CT molecular complexity index is 1420. The molecule has 0 radical (unpaired) electrons. The average molecular weight is 479 g/mol. The number of nitrogens with one attached hydrogen (secondary N) is 1. The number of ketones is 1. The van der Waals surface area contributed by atoms with Crippen molar-refractivity contribution in [3.63, 3.8) is 0 Å². The van der Waals surface area contributed by atoms with E-state index in [0.29, 0.717) is 23.6 Å². The molecule has 2 aliphatic rings. The van der Waals surface area contributed by atoms with Crippen LogP contribution in [0.2, 0.25) is 5.02 Å². The van der Waals surface area contributed by atoms with E-state index < -0.39 is 17.3 Å². The number of Topliss-reactive ketones (excluding diaryl/α,β-unsaturated/α-hetero) is 1. The minimum Gasteiger partial charge on any atom is -0.507 e. The molecule has 8 heteroatoms. The molecule has 3 aromatic rings. The molecule has 0 bridgehead atoms. The van der Waals surface area contributed by atoms with Crippen molar-refractivity contribution in [2.45, 2.75) is 18.9 Å². The van der Waals surface area contributed by atoms with E-state index in [2.05, 4.69) is 4.98 Å². The summed E-state index contributed by atoms with van der Waals surface area (Å²) < 4.78 is 10.5. The highest BCUT2D eigenvalue weighted by atomic mass is 35.5. The molecule has 3 heterocycles. The number of halogens is 1. The molecule has 2 N–H and O–H groups in total. The van der Waals surface area contributed by atoms with E-state index in [0.717, 1.165) is 27.9 Å². The van der Waals surface area contributed by atoms with Gasteiger partial charge in [-0.05, 0) is 61.4 Å². The number of phenols is 1. The van der Waals surface area contributed by atoms with Gasteiger partial charge in [-0.25, -0.2) is 4.79 Å². The van der Waals surface area contributed by atoms with E-state index in [4.69, 9.17) is 21.1 Å². The Morgan fingerprint density at radius 1 is 1.18 bits per heavy atom. The largest absolute Gasteiger partial charge is 0.507 e. The molecular formula is C26H23ClN2O5. The lowest BCUT2D eigenvalue weighted by atomic mass is 9.77. The number of nitrogens with zero attached hydrogens (tertiary/aromatic N) is 1. The van der Waals surface area contributed by atoms with Gasteiger partial charge in [0.2, 0.25) is 0 Å². The zero-order valence-corrected chi connectivity index (χ0v) is 19.7. The van der Waals surface area contributed by atoms with Crippen LogP contribution in [0.15, 0.2) is 59.8 Å². The van der Waals surface area contributed by atoms with Crippen LogP contribution in [0.25, 0.3) is 10.9 Å². The fourth-order valence-electron chi connectivity index (χ4n) is 4.95. The lowest BCUT2D eigenvalue weighted by molar-refractivity contribution is -0.137. The predicted molar refractivity (Wildman–Crippen MR) is 128 cm³/mol. The van der Waals surface area contributed by atoms with E-state index in [1.807, 2.05) is 30.0 Å². The molecule has 34 heavy (non-hydrogen) atoms. The Morgan fingerprint density at radius 3 is 2.71 bits per heavy atom. The van der Waals surface area contributed by atoms with E-state index in [1.54, 1.807) is 19.4 Å². The lowest BCUT2D eigenvalue weighted by Crippen LogP contribution is -2.50. The molecule has 174 valence electrons. The van der Waals surface area contributed by atoms with E-state index >= 15 is 0 Å². The number of phenolic OH excluding ortho intramolecular Hbond substituents is 1. The summed E-state index contributed by atoms with van der Waals surface area (Å²) in [6, 6.07) is 10.1. The number of esters is 1.